The number of hydrogen-bond donors (Lipinski definition) is 1. The number of imide groups is 1. The van der Waals surface area contributed by atoms with Gasteiger partial charge in [-0.25, -0.2) is 9.69 Å². The maximum atomic E-state index is 13.0. The van der Waals surface area contributed by atoms with Crippen molar-refractivity contribution in [3.63, 3.8) is 0 Å². The molecule has 1 aliphatic heterocycles. The summed E-state index contributed by atoms with van der Waals surface area (Å²) in [6, 6.07) is -0.490. The first-order valence-corrected chi connectivity index (χ1v) is 11.3. The quantitative estimate of drug-likeness (QED) is 0.191. The number of allylic oxidation sites excluding steroid dienone is 1. The molecule has 1 N–H and O–H groups in total. The van der Waals surface area contributed by atoms with Crippen molar-refractivity contribution in [2.75, 3.05) is 39.6 Å². The van der Waals surface area contributed by atoms with Gasteiger partial charge >= 0.3 is 12.1 Å². The molecule has 0 aromatic rings. The zero-order valence-electron chi connectivity index (χ0n) is 20.2. The third-order valence-corrected chi connectivity index (χ3v) is 5.08. The first-order chi connectivity index (χ1) is 16.1. The van der Waals surface area contributed by atoms with Crippen LogP contribution < -0.4 is 0 Å². The first kappa shape index (κ1) is 29.4. The van der Waals surface area contributed by atoms with E-state index in [4.69, 9.17) is 24.1 Å². The number of rotatable bonds is 16. The Labute approximate surface area is 199 Å². The highest BCUT2D eigenvalue weighted by Crippen LogP contribution is 2.24. The predicted octanol–water partition coefficient (Wildman–Crippen LogP) is 1.06. The van der Waals surface area contributed by atoms with E-state index in [1.807, 2.05) is 13.8 Å². The van der Waals surface area contributed by atoms with Crippen molar-refractivity contribution in [1.82, 2.24) is 4.90 Å². The second kappa shape index (κ2) is 15.3. The van der Waals surface area contributed by atoms with Crippen LogP contribution in [-0.2, 0) is 38.1 Å². The fraction of sp³-hybridized carbons (Fsp3) is 0.696. The van der Waals surface area contributed by atoms with Gasteiger partial charge in [-0.15, -0.1) is 0 Å². The largest absolute Gasteiger partial charge is 0.453 e. The number of amides is 2. The second-order valence-electron chi connectivity index (χ2n) is 8.17. The number of carbonyl (C=O) groups is 5. The lowest BCUT2D eigenvalue weighted by atomic mass is 9.96. The minimum absolute atomic E-state index is 0.0505. The summed E-state index contributed by atoms with van der Waals surface area (Å²) >= 11 is 0. The molecule has 3 atom stereocenters. The van der Waals surface area contributed by atoms with Crippen LogP contribution in [0.4, 0.5) is 4.79 Å². The van der Waals surface area contributed by atoms with Crippen LogP contribution in [0, 0.1) is 11.8 Å². The highest BCUT2D eigenvalue weighted by atomic mass is 16.6. The minimum atomic E-state index is -1.49. The number of ether oxygens (including phenoxy) is 4. The zero-order valence-corrected chi connectivity index (χ0v) is 20.2. The number of aliphatic hydroxyl groups is 1. The summed E-state index contributed by atoms with van der Waals surface area (Å²) in [6.45, 7) is 7.36. The average molecular weight is 486 g/mol. The summed E-state index contributed by atoms with van der Waals surface area (Å²) in [5.41, 5.74) is 0. The molecule has 0 saturated carbocycles. The number of nitrogens with zero attached hydrogens (tertiary/aromatic N) is 1. The third kappa shape index (κ3) is 9.70. The second-order valence-corrected chi connectivity index (χ2v) is 8.17. The number of aliphatic hydroxyl groups excluding tert-OH is 1. The Hall–Kier alpha value is -2.63. The van der Waals surface area contributed by atoms with E-state index in [1.54, 1.807) is 0 Å². The first-order valence-electron chi connectivity index (χ1n) is 11.3. The van der Waals surface area contributed by atoms with E-state index in [0.717, 1.165) is 24.0 Å². The smallest absolute Gasteiger partial charge is 0.416 e. The van der Waals surface area contributed by atoms with E-state index >= 15 is 0 Å². The Morgan fingerprint density at radius 3 is 2.32 bits per heavy atom. The van der Waals surface area contributed by atoms with Crippen molar-refractivity contribution in [3.8, 4) is 0 Å². The molecule has 1 aliphatic rings. The van der Waals surface area contributed by atoms with Crippen LogP contribution >= 0.6 is 0 Å². The van der Waals surface area contributed by atoms with E-state index in [1.165, 1.54) is 6.92 Å². The van der Waals surface area contributed by atoms with Crippen LogP contribution in [0.3, 0.4) is 0 Å². The van der Waals surface area contributed by atoms with Gasteiger partial charge in [-0.3, -0.25) is 19.2 Å². The van der Waals surface area contributed by atoms with Crippen LogP contribution in [0.15, 0.2) is 12.2 Å². The molecule has 0 radical (unpaired) electrons. The molecule has 11 heteroatoms. The van der Waals surface area contributed by atoms with Gasteiger partial charge in [-0.1, -0.05) is 13.8 Å². The fourth-order valence-electron chi connectivity index (χ4n) is 3.20. The van der Waals surface area contributed by atoms with Gasteiger partial charge in [0.1, 0.15) is 6.61 Å². The molecule has 0 bridgehead atoms. The molecule has 1 rings (SSSR count). The van der Waals surface area contributed by atoms with Crippen LogP contribution in [-0.4, -0.2) is 91.3 Å². The molecule has 1 heterocycles. The molecule has 192 valence electrons. The maximum Gasteiger partial charge on any atom is 0.416 e. The summed E-state index contributed by atoms with van der Waals surface area (Å²) < 4.78 is 20.4. The fourth-order valence-corrected chi connectivity index (χ4v) is 3.20. The lowest BCUT2D eigenvalue weighted by Crippen LogP contribution is -2.48. The molecule has 11 nitrogen and oxygen atoms in total. The van der Waals surface area contributed by atoms with Crippen molar-refractivity contribution in [2.45, 2.75) is 52.7 Å². The number of carbonyl (C=O) groups excluding carboxylic acids is 5. The number of esters is 1. The molecule has 0 aromatic carbocycles. The Morgan fingerprint density at radius 2 is 1.74 bits per heavy atom. The number of ketones is 2. The van der Waals surface area contributed by atoms with Gasteiger partial charge in [0.15, 0.2) is 17.7 Å². The lowest BCUT2D eigenvalue weighted by molar-refractivity contribution is -0.158. The van der Waals surface area contributed by atoms with Gasteiger partial charge in [0.25, 0.3) is 0 Å². The van der Waals surface area contributed by atoms with E-state index in [0.29, 0.717) is 26.2 Å². The molecule has 2 amide bonds. The van der Waals surface area contributed by atoms with Gasteiger partial charge in [0, 0.05) is 20.0 Å². The molecular weight excluding hydrogens is 450 g/mol. The lowest BCUT2D eigenvalue weighted by Gasteiger charge is -2.28. The van der Waals surface area contributed by atoms with Gasteiger partial charge in [0.05, 0.1) is 38.4 Å². The average Bonchev–Trinajstić information content (AvgIpc) is 3.18. The van der Waals surface area contributed by atoms with E-state index in [-0.39, 0.29) is 37.9 Å². The van der Waals surface area contributed by atoms with Crippen LogP contribution in [0.25, 0.3) is 0 Å². The number of hydrogen-bond acceptors (Lipinski definition) is 10. The summed E-state index contributed by atoms with van der Waals surface area (Å²) in [6.07, 6.45) is 0.305. The molecule has 0 unspecified atom stereocenters. The van der Waals surface area contributed by atoms with E-state index in [9.17, 15) is 24.0 Å². The van der Waals surface area contributed by atoms with Crippen molar-refractivity contribution in [3.05, 3.63) is 12.2 Å². The molecule has 1 saturated heterocycles. The third-order valence-electron chi connectivity index (χ3n) is 5.08. The normalized spacial score (nSPS) is 17.6. The van der Waals surface area contributed by atoms with E-state index < -0.39 is 41.8 Å². The van der Waals surface area contributed by atoms with Crippen molar-refractivity contribution in [1.29, 1.82) is 0 Å². The van der Waals surface area contributed by atoms with Crippen LogP contribution in [0.5, 0.6) is 0 Å². The topological polar surface area (TPSA) is 146 Å². The molecule has 1 fully saturated rings. The van der Waals surface area contributed by atoms with Gasteiger partial charge < -0.3 is 24.1 Å². The van der Waals surface area contributed by atoms with Gasteiger partial charge in [-0.2, -0.15) is 0 Å². The van der Waals surface area contributed by atoms with Crippen LogP contribution in [0.1, 0.15) is 40.5 Å². The summed E-state index contributed by atoms with van der Waals surface area (Å²) in [5, 5.41) is 8.59. The molecule has 34 heavy (non-hydrogen) atoms. The van der Waals surface area contributed by atoms with Crippen molar-refractivity contribution >= 4 is 29.5 Å². The van der Waals surface area contributed by atoms with Crippen molar-refractivity contribution in [2.24, 2.45) is 11.8 Å². The SMILES string of the molecule is CC(=O)O[C@H](C(=O)C=CC(=O)CCCOCCOCCO)[C@H](C)C(=O)N1C(=O)OC[C@@H]1C(C)C. The maximum absolute atomic E-state index is 13.0. The van der Waals surface area contributed by atoms with Crippen LogP contribution in [0.2, 0.25) is 0 Å². The summed E-state index contributed by atoms with van der Waals surface area (Å²) in [7, 11) is 0. The molecule has 0 spiro atoms. The standard InChI is InChI=1S/C23H35NO10/c1-15(2)19-14-33-23(30)24(19)22(29)16(3)21(34-17(4)26)20(28)8-7-18(27)6-5-10-31-12-13-32-11-9-25/h7-8,15-16,19,21,25H,5-6,9-14H2,1-4H3/t16-,19+,21-/m0/s1. The Kier molecular flexibility index (Phi) is 13.2. The van der Waals surface area contributed by atoms with E-state index in [2.05, 4.69) is 0 Å². The summed E-state index contributed by atoms with van der Waals surface area (Å²) in [5.74, 6) is -3.78. The zero-order chi connectivity index (χ0) is 25.7. The Bertz CT molecular complexity index is 748. The summed E-state index contributed by atoms with van der Waals surface area (Å²) in [4.78, 5) is 62.3. The highest BCUT2D eigenvalue weighted by Gasteiger charge is 2.44. The monoisotopic (exact) mass is 485 g/mol. The molecule has 0 aliphatic carbocycles. The Balaban J connectivity index is 2.66. The van der Waals surface area contributed by atoms with Crippen molar-refractivity contribution < 1.29 is 48.0 Å². The predicted molar refractivity (Wildman–Crippen MR) is 119 cm³/mol. The molecule has 0 aromatic heterocycles. The highest BCUT2D eigenvalue weighted by molar-refractivity contribution is 6.04. The minimum Gasteiger partial charge on any atom is -0.453 e. The molecular formula is C23H35NO10. The Morgan fingerprint density at radius 1 is 1.09 bits per heavy atom. The number of cyclic esters (lactones) is 1. The van der Waals surface area contributed by atoms with Gasteiger partial charge in [0.2, 0.25) is 5.91 Å². The van der Waals surface area contributed by atoms with Gasteiger partial charge in [-0.05, 0) is 31.4 Å².